The van der Waals surface area contributed by atoms with E-state index >= 15 is 0 Å². The Kier molecular flexibility index (Phi) is 8.05. The van der Waals surface area contributed by atoms with Crippen molar-refractivity contribution in [2.75, 3.05) is 19.6 Å². The van der Waals surface area contributed by atoms with Gasteiger partial charge >= 0.3 is 6.09 Å². The number of hydrogen-bond acceptors (Lipinski definition) is 4. The highest BCUT2D eigenvalue weighted by atomic mass is 16.6. The summed E-state index contributed by atoms with van der Waals surface area (Å²) in [7, 11) is 0. The van der Waals surface area contributed by atoms with E-state index in [0.717, 1.165) is 6.42 Å². The molecule has 0 aromatic heterocycles. The molecule has 2 N–H and O–H groups in total. The second kappa shape index (κ2) is 10.3. The minimum atomic E-state index is -0.596. The van der Waals surface area contributed by atoms with Gasteiger partial charge in [0.1, 0.15) is 12.1 Å². The number of benzene rings is 1. The van der Waals surface area contributed by atoms with Crippen molar-refractivity contribution in [1.29, 1.82) is 0 Å². The topological polar surface area (TPSA) is 87.7 Å². The lowest BCUT2D eigenvalue weighted by atomic mass is 10.0. The van der Waals surface area contributed by atoms with Gasteiger partial charge in [-0.3, -0.25) is 9.59 Å². The van der Waals surface area contributed by atoms with Crippen molar-refractivity contribution >= 4 is 17.9 Å². The van der Waals surface area contributed by atoms with Gasteiger partial charge in [-0.25, -0.2) is 4.79 Å². The second-order valence-corrected chi connectivity index (χ2v) is 8.50. The molecule has 1 fully saturated rings. The van der Waals surface area contributed by atoms with E-state index in [4.69, 9.17) is 4.74 Å². The Bertz CT molecular complexity index is 719. The van der Waals surface area contributed by atoms with Crippen LogP contribution >= 0.6 is 0 Å². The fraction of sp³-hybridized carbons (Fsp3) is 0.591. The summed E-state index contributed by atoms with van der Waals surface area (Å²) in [5.41, 5.74) is 1.80. The molecule has 160 valence electrons. The molecule has 7 nitrogen and oxygen atoms in total. The van der Waals surface area contributed by atoms with Crippen LogP contribution in [-0.2, 0) is 20.7 Å². The summed E-state index contributed by atoms with van der Waals surface area (Å²) in [5.74, 6) is -0.0928. The first-order valence-corrected chi connectivity index (χ1v) is 10.2. The maximum Gasteiger partial charge on any atom is 0.408 e. The number of aryl methyl sites for hydroxylation is 2. The number of ether oxygens (including phenoxy) is 1. The Morgan fingerprint density at radius 2 is 1.79 bits per heavy atom. The van der Waals surface area contributed by atoms with Crippen molar-refractivity contribution in [3.8, 4) is 0 Å². The molecule has 0 aliphatic carbocycles. The van der Waals surface area contributed by atoms with Gasteiger partial charge in [-0.05, 0) is 58.1 Å². The van der Waals surface area contributed by atoms with Crippen LogP contribution in [0.15, 0.2) is 24.3 Å². The number of likely N-dealkylation sites (tertiary alicyclic amines) is 1. The van der Waals surface area contributed by atoms with Crippen LogP contribution in [0.25, 0.3) is 0 Å². The average molecular weight is 404 g/mol. The van der Waals surface area contributed by atoms with Crippen LogP contribution in [0.3, 0.4) is 0 Å². The van der Waals surface area contributed by atoms with Crippen LogP contribution in [0.2, 0.25) is 0 Å². The van der Waals surface area contributed by atoms with Crippen LogP contribution in [0.5, 0.6) is 0 Å². The van der Waals surface area contributed by atoms with Crippen molar-refractivity contribution < 1.29 is 19.1 Å². The zero-order chi connectivity index (χ0) is 21.4. The molecular weight excluding hydrogens is 370 g/mol. The lowest BCUT2D eigenvalue weighted by Gasteiger charge is -2.32. The zero-order valence-electron chi connectivity index (χ0n) is 17.9. The molecule has 0 radical (unpaired) electrons. The molecule has 0 bridgehead atoms. The minimum absolute atomic E-state index is 0.0459. The first kappa shape index (κ1) is 22.7. The Morgan fingerprint density at radius 3 is 2.41 bits per heavy atom. The molecule has 29 heavy (non-hydrogen) atoms. The van der Waals surface area contributed by atoms with Gasteiger partial charge in [0.15, 0.2) is 0 Å². The van der Waals surface area contributed by atoms with Crippen molar-refractivity contribution in [3.63, 3.8) is 0 Å². The van der Waals surface area contributed by atoms with Crippen molar-refractivity contribution in [1.82, 2.24) is 15.5 Å². The molecule has 2 rings (SSSR count). The number of alkyl carbamates (subject to hydrolysis) is 1. The molecule has 0 atom stereocenters. The maximum absolute atomic E-state index is 12.3. The lowest BCUT2D eigenvalue weighted by Crippen LogP contribution is -2.49. The standard InChI is InChI=1S/C22H33N3O4/c1-16-7-5-6-8-17(16)9-10-19(26)24-18-11-13-25(14-12-18)20(27)15-23-21(28)29-22(2,3)4/h5-8,18H,9-15H2,1-4H3,(H,23,28)(H,24,26). The van der Waals surface area contributed by atoms with Gasteiger partial charge in [0.05, 0.1) is 0 Å². The van der Waals surface area contributed by atoms with Gasteiger partial charge in [0, 0.05) is 25.6 Å². The molecule has 7 heteroatoms. The molecule has 0 spiro atoms. The third-order valence-corrected chi connectivity index (χ3v) is 4.88. The Morgan fingerprint density at radius 1 is 1.14 bits per heavy atom. The summed E-state index contributed by atoms with van der Waals surface area (Å²) < 4.78 is 5.13. The van der Waals surface area contributed by atoms with Gasteiger partial charge in [-0.15, -0.1) is 0 Å². The fourth-order valence-corrected chi connectivity index (χ4v) is 3.29. The fourth-order valence-electron chi connectivity index (χ4n) is 3.29. The summed E-state index contributed by atoms with van der Waals surface area (Å²) in [6, 6.07) is 8.18. The monoisotopic (exact) mass is 403 g/mol. The van der Waals surface area contributed by atoms with Crippen LogP contribution in [0.1, 0.15) is 51.2 Å². The molecule has 1 aromatic carbocycles. The van der Waals surface area contributed by atoms with E-state index in [0.29, 0.717) is 32.4 Å². The minimum Gasteiger partial charge on any atom is -0.444 e. The van der Waals surface area contributed by atoms with E-state index in [-0.39, 0.29) is 24.4 Å². The van der Waals surface area contributed by atoms with Gasteiger partial charge in [-0.1, -0.05) is 24.3 Å². The zero-order valence-corrected chi connectivity index (χ0v) is 17.9. The maximum atomic E-state index is 12.3. The summed E-state index contributed by atoms with van der Waals surface area (Å²) in [4.78, 5) is 37.9. The second-order valence-electron chi connectivity index (χ2n) is 8.50. The number of nitrogens with zero attached hydrogens (tertiary/aromatic N) is 1. The molecule has 1 aliphatic heterocycles. The van der Waals surface area contributed by atoms with Crippen LogP contribution in [0, 0.1) is 6.92 Å². The Hall–Kier alpha value is -2.57. The van der Waals surface area contributed by atoms with E-state index in [9.17, 15) is 14.4 Å². The molecule has 1 heterocycles. The van der Waals surface area contributed by atoms with Crippen LogP contribution < -0.4 is 10.6 Å². The van der Waals surface area contributed by atoms with Gasteiger partial charge in [0.2, 0.25) is 11.8 Å². The largest absolute Gasteiger partial charge is 0.444 e. The number of carbonyl (C=O) groups is 3. The molecule has 0 unspecified atom stereocenters. The van der Waals surface area contributed by atoms with E-state index < -0.39 is 11.7 Å². The molecular formula is C22H33N3O4. The van der Waals surface area contributed by atoms with E-state index in [2.05, 4.69) is 29.7 Å². The van der Waals surface area contributed by atoms with Crippen molar-refractivity contribution in [2.45, 2.75) is 65.0 Å². The van der Waals surface area contributed by atoms with E-state index in [1.54, 1.807) is 25.7 Å². The summed E-state index contributed by atoms with van der Waals surface area (Å²) in [5, 5.41) is 5.57. The molecule has 1 aliphatic rings. The molecule has 1 saturated heterocycles. The Balaban J connectivity index is 1.66. The van der Waals surface area contributed by atoms with Crippen molar-refractivity contribution in [3.05, 3.63) is 35.4 Å². The average Bonchev–Trinajstić information content (AvgIpc) is 2.65. The molecule has 3 amide bonds. The van der Waals surface area contributed by atoms with Crippen LogP contribution in [-0.4, -0.2) is 54.1 Å². The third-order valence-electron chi connectivity index (χ3n) is 4.88. The Labute approximate surface area is 173 Å². The lowest BCUT2D eigenvalue weighted by molar-refractivity contribution is -0.131. The summed E-state index contributed by atoms with van der Waals surface area (Å²) in [6.45, 7) is 8.42. The molecule has 0 saturated carbocycles. The predicted molar refractivity (Wildman–Crippen MR) is 111 cm³/mol. The molecule has 1 aromatic rings. The summed E-state index contributed by atoms with van der Waals surface area (Å²) in [6.07, 6.45) is 2.03. The highest BCUT2D eigenvalue weighted by Crippen LogP contribution is 2.13. The summed E-state index contributed by atoms with van der Waals surface area (Å²) >= 11 is 0. The highest BCUT2D eigenvalue weighted by molar-refractivity contribution is 5.82. The van der Waals surface area contributed by atoms with Crippen LogP contribution in [0.4, 0.5) is 4.79 Å². The number of piperidine rings is 1. The number of carbonyl (C=O) groups excluding carboxylic acids is 3. The SMILES string of the molecule is Cc1ccccc1CCC(=O)NC1CCN(C(=O)CNC(=O)OC(C)(C)C)CC1. The van der Waals surface area contributed by atoms with Gasteiger partial charge < -0.3 is 20.3 Å². The van der Waals surface area contributed by atoms with Gasteiger partial charge in [0.25, 0.3) is 0 Å². The predicted octanol–water partition coefficient (Wildman–Crippen LogP) is 2.56. The smallest absolute Gasteiger partial charge is 0.408 e. The number of hydrogen-bond donors (Lipinski definition) is 2. The van der Waals surface area contributed by atoms with E-state index in [1.807, 2.05) is 12.1 Å². The normalized spacial score (nSPS) is 15.0. The first-order chi connectivity index (χ1) is 13.6. The quantitative estimate of drug-likeness (QED) is 0.764. The first-order valence-electron chi connectivity index (χ1n) is 10.2. The third kappa shape index (κ3) is 8.13. The number of rotatable bonds is 6. The number of nitrogens with one attached hydrogen (secondary N) is 2. The highest BCUT2D eigenvalue weighted by Gasteiger charge is 2.24. The van der Waals surface area contributed by atoms with Gasteiger partial charge in [-0.2, -0.15) is 0 Å². The number of amides is 3. The van der Waals surface area contributed by atoms with Crippen molar-refractivity contribution in [2.24, 2.45) is 0 Å². The van der Waals surface area contributed by atoms with E-state index in [1.165, 1.54) is 11.1 Å².